The van der Waals surface area contributed by atoms with Crippen molar-refractivity contribution in [1.82, 2.24) is 10.2 Å². The molecule has 2 heterocycles. The third-order valence-electron chi connectivity index (χ3n) is 5.04. The van der Waals surface area contributed by atoms with Crippen molar-refractivity contribution >= 4 is 0 Å². The highest BCUT2D eigenvalue weighted by Gasteiger charge is 2.36. The van der Waals surface area contributed by atoms with Crippen molar-refractivity contribution < 1.29 is 18.9 Å². The van der Waals surface area contributed by atoms with Crippen LogP contribution < -0.4 is 24.7 Å². The number of aromatic amines is 1. The number of hydrogen-bond donors (Lipinski definition) is 2. The molecule has 0 radical (unpaired) electrons. The molecule has 0 saturated carbocycles. The zero-order valence-corrected chi connectivity index (χ0v) is 16.7. The molecule has 1 aliphatic rings. The third kappa shape index (κ3) is 3.06. The van der Waals surface area contributed by atoms with Crippen LogP contribution in [-0.2, 0) is 0 Å². The highest BCUT2D eigenvalue weighted by molar-refractivity contribution is 5.76. The van der Waals surface area contributed by atoms with Crippen LogP contribution in [0.2, 0.25) is 0 Å². The molecule has 0 aliphatic carbocycles. The van der Waals surface area contributed by atoms with Crippen LogP contribution in [0.25, 0.3) is 11.3 Å². The molecule has 1 aliphatic heterocycles. The standard InChI is InChI=1S/C22H20N4O4/c1-27-13-6-4-5-12(9-13)18-16(11-23)21(24)30-22-19(18)20(25-26-22)15-10-14(28-2)7-8-17(15)29-3/h4-10,18H,24H2,1-3H3,(H,25,26)/t18-/m0/s1. The molecule has 0 spiro atoms. The van der Waals surface area contributed by atoms with Crippen molar-refractivity contribution in [3.8, 4) is 40.5 Å². The van der Waals surface area contributed by atoms with E-state index in [1.54, 1.807) is 33.5 Å². The van der Waals surface area contributed by atoms with E-state index in [-0.39, 0.29) is 5.88 Å². The second-order valence-corrected chi connectivity index (χ2v) is 6.59. The van der Waals surface area contributed by atoms with E-state index in [4.69, 9.17) is 24.7 Å². The van der Waals surface area contributed by atoms with Gasteiger partial charge in [0.15, 0.2) is 0 Å². The number of nitrogens with two attached hydrogens (primary N) is 1. The molecular formula is C22H20N4O4. The van der Waals surface area contributed by atoms with E-state index in [0.29, 0.717) is 40.0 Å². The Morgan fingerprint density at radius 1 is 1.07 bits per heavy atom. The van der Waals surface area contributed by atoms with Crippen LogP contribution >= 0.6 is 0 Å². The Hall–Kier alpha value is -4.12. The van der Waals surface area contributed by atoms with Crippen molar-refractivity contribution in [3.63, 3.8) is 0 Å². The largest absolute Gasteiger partial charge is 0.497 e. The first-order chi connectivity index (χ1) is 14.6. The number of ether oxygens (including phenoxy) is 4. The summed E-state index contributed by atoms with van der Waals surface area (Å²) in [6.07, 6.45) is 0. The van der Waals surface area contributed by atoms with Gasteiger partial charge in [0, 0.05) is 5.56 Å². The van der Waals surface area contributed by atoms with Gasteiger partial charge in [0.25, 0.3) is 0 Å². The lowest BCUT2D eigenvalue weighted by Crippen LogP contribution is -2.21. The monoisotopic (exact) mass is 404 g/mol. The molecular weight excluding hydrogens is 384 g/mol. The maximum atomic E-state index is 9.85. The number of nitriles is 1. The van der Waals surface area contributed by atoms with Gasteiger partial charge in [-0.15, -0.1) is 5.10 Å². The van der Waals surface area contributed by atoms with Crippen molar-refractivity contribution in [1.29, 1.82) is 5.26 Å². The fourth-order valence-corrected chi connectivity index (χ4v) is 3.61. The summed E-state index contributed by atoms with van der Waals surface area (Å²) >= 11 is 0. The van der Waals surface area contributed by atoms with E-state index in [0.717, 1.165) is 11.1 Å². The zero-order chi connectivity index (χ0) is 21.3. The van der Waals surface area contributed by atoms with Crippen LogP contribution in [0.3, 0.4) is 0 Å². The predicted molar refractivity (Wildman–Crippen MR) is 109 cm³/mol. The average Bonchev–Trinajstić information content (AvgIpc) is 3.20. The fraction of sp³-hybridized carbons (Fsp3) is 0.182. The van der Waals surface area contributed by atoms with Crippen LogP contribution in [0.5, 0.6) is 23.1 Å². The minimum absolute atomic E-state index is 0.0217. The molecule has 8 heteroatoms. The molecule has 3 N–H and O–H groups in total. The Balaban J connectivity index is 1.97. The number of benzene rings is 2. The first-order valence-corrected chi connectivity index (χ1v) is 9.13. The minimum Gasteiger partial charge on any atom is -0.497 e. The maximum absolute atomic E-state index is 9.85. The van der Waals surface area contributed by atoms with Crippen LogP contribution in [0.15, 0.2) is 53.9 Å². The summed E-state index contributed by atoms with van der Waals surface area (Å²) < 4.78 is 22.0. The molecule has 0 unspecified atom stereocenters. The average molecular weight is 404 g/mol. The van der Waals surface area contributed by atoms with Gasteiger partial charge in [-0.2, -0.15) is 5.26 Å². The van der Waals surface area contributed by atoms with E-state index in [1.165, 1.54) is 0 Å². The summed E-state index contributed by atoms with van der Waals surface area (Å²) in [5, 5.41) is 17.2. The highest BCUT2D eigenvalue weighted by atomic mass is 16.5. The first-order valence-electron chi connectivity index (χ1n) is 9.13. The molecule has 1 atom stereocenters. The van der Waals surface area contributed by atoms with E-state index in [9.17, 15) is 5.26 Å². The van der Waals surface area contributed by atoms with E-state index < -0.39 is 5.92 Å². The quantitative estimate of drug-likeness (QED) is 0.670. The molecule has 152 valence electrons. The van der Waals surface area contributed by atoms with Gasteiger partial charge >= 0.3 is 0 Å². The van der Waals surface area contributed by atoms with E-state index in [1.807, 2.05) is 30.3 Å². The summed E-state index contributed by atoms with van der Waals surface area (Å²) in [5.41, 5.74) is 9.22. The van der Waals surface area contributed by atoms with Gasteiger partial charge < -0.3 is 24.7 Å². The molecule has 30 heavy (non-hydrogen) atoms. The molecule has 4 rings (SSSR count). The van der Waals surface area contributed by atoms with E-state index >= 15 is 0 Å². The van der Waals surface area contributed by atoms with Gasteiger partial charge in [-0.3, -0.25) is 5.10 Å². The SMILES string of the molecule is COc1cccc([C@H]2C(C#N)=C(N)Oc3n[nH]c(-c4cc(OC)ccc4OC)c32)c1. The number of rotatable bonds is 5. The van der Waals surface area contributed by atoms with Crippen molar-refractivity contribution in [3.05, 3.63) is 65.0 Å². The number of H-pyrrole nitrogens is 1. The van der Waals surface area contributed by atoms with Crippen LogP contribution in [-0.4, -0.2) is 31.5 Å². The second-order valence-electron chi connectivity index (χ2n) is 6.59. The third-order valence-corrected chi connectivity index (χ3v) is 5.04. The molecule has 8 nitrogen and oxygen atoms in total. The summed E-state index contributed by atoms with van der Waals surface area (Å²) in [4.78, 5) is 0. The van der Waals surface area contributed by atoms with Crippen molar-refractivity contribution in [2.45, 2.75) is 5.92 Å². The molecule has 2 aromatic carbocycles. The predicted octanol–water partition coefficient (Wildman–Crippen LogP) is 3.32. The topological polar surface area (TPSA) is 115 Å². The first kappa shape index (κ1) is 19.2. The summed E-state index contributed by atoms with van der Waals surface area (Å²) in [7, 11) is 4.77. The lowest BCUT2D eigenvalue weighted by molar-refractivity contribution is 0.378. The number of aromatic nitrogens is 2. The zero-order valence-electron chi connectivity index (χ0n) is 16.7. The Labute approximate surface area is 173 Å². The number of nitrogens with zero attached hydrogens (tertiary/aromatic N) is 2. The minimum atomic E-state index is -0.501. The fourth-order valence-electron chi connectivity index (χ4n) is 3.61. The second kappa shape index (κ2) is 7.72. The number of fused-ring (bicyclic) bond motifs is 1. The summed E-state index contributed by atoms with van der Waals surface area (Å²) in [6.45, 7) is 0. The number of nitrogens with one attached hydrogen (secondary N) is 1. The van der Waals surface area contributed by atoms with Gasteiger partial charge in [0.1, 0.15) is 28.9 Å². The Morgan fingerprint density at radius 3 is 2.53 bits per heavy atom. The number of hydrogen-bond acceptors (Lipinski definition) is 7. The van der Waals surface area contributed by atoms with E-state index in [2.05, 4.69) is 16.3 Å². The maximum Gasteiger partial charge on any atom is 0.244 e. The Bertz CT molecular complexity index is 1180. The molecule has 0 fully saturated rings. The molecule has 0 amide bonds. The van der Waals surface area contributed by atoms with Gasteiger partial charge in [-0.25, -0.2) is 0 Å². The van der Waals surface area contributed by atoms with Crippen LogP contribution in [0, 0.1) is 11.3 Å². The van der Waals surface area contributed by atoms with Crippen LogP contribution in [0.1, 0.15) is 17.0 Å². The molecule has 0 bridgehead atoms. The van der Waals surface area contributed by atoms with Gasteiger partial charge in [-0.05, 0) is 35.9 Å². The number of allylic oxidation sites excluding steroid dienone is 1. The van der Waals surface area contributed by atoms with Gasteiger partial charge in [0.2, 0.25) is 11.8 Å². The normalized spacial score (nSPS) is 15.1. The lowest BCUT2D eigenvalue weighted by atomic mass is 9.83. The Kier molecular flexibility index (Phi) is 4.94. The van der Waals surface area contributed by atoms with Crippen molar-refractivity contribution in [2.24, 2.45) is 5.73 Å². The molecule has 0 saturated heterocycles. The number of methoxy groups -OCH3 is 3. The molecule has 3 aromatic rings. The Morgan fingerprint density at radius 2 is 1.83 bits per heavy atom. The van der Waals surface area contributed by atoms with Gasteiger partial charge in [0.05, 0.1) is 38.5 Å². The van der Waals surface area contributed by atoms with Gasteiger partial charge in [-0.1, -0.05) is 12.1 Å². The summed E-state index contributed by atoms with van der Waals surface area (Å²) in [6, 6.07) is 15.1. The summed E-state index contributed by atoms with van der Waals surface area (Å²) in [5.74, 6) is 1.76. The van der Waals surface area contributed by atoms with Crippen LogP contribution in [0.4, 0.5) is 0 Å². The lowest BCUT2D eigenvalue weighted by Gasteiger charge is -2.24. The highest BCUT2D eigenvalue weighted by Crippen LogP contribution is 2.48. The molecule has 1 aromatic heterocycles. The smallest absolute Gasteiger partial charge is 0.244 e. The van der Waals surface area contributed by atoms with Crippen molar-refractivity contribution in [2.75, 3.05) is 21.3 Å².